The summed E-state index contributed by atoms with van der Waals surface area (Å²) in [4.78, 5) is 21.7. The van der Waals surface area contributed by atoms with Crippen molar-refractivity contribution < 1.29 is 0 Å². The van der Waals surface area contributed by atoms with Crippen molar-refractivity contribution in [1.29, 1.82) is 5.26 Å². The van der Waals surface area contributed by atoms with E-state index >= 15 is 0 Å². The molecule has 4 aromatic rings. The van der Waals surface area contributed by atoms with Gasteiger partial charge in [-0.25, -0.2) is 4.98 Å². The van der Waals surface area contributed by atoms with Gasteiger partial charge in [-0.1, -0.05) is 42.5 Å². The number of aryl methyl sites for hydroxylation is 1. The van der Waals surface area contributed by atoms with Crippen LogP contribution in [0.3, 0.4) is 0 Å². The second-order valence-corrected chi connectivity index (χ2v) is 8.00. The Morgan fingerprint density at radius 1 is 1.00 bits per heavy atom. The van der Waals surface area contributed by atoms with Gasteiger partial charge in [0.1, 0.15) is 17.3 Å². The molecule has 6 nitrogen and oxygen atoms in total. The molecule has 0 spiro atoms. The van der Waals surface area contributed by atoms with E-state index in [2.05, 4.69) is 63.3 Å². The molecule has 6 heteroatoms. The minimum atomic E-state index is -0.0628. The number of nitrogens with zero attached hydrogens (tertiary/aromatic N) is 5. The van der Waals surface area contributed by atoms with Gasteiger partial charge in [0, 0.05) is 45.8 Å². The van der Waals surface area contributed by atoms with Crippen molar-refractivity contribution in [2.24, 2.45) is 7.05 Å². The molecular formula is C25H23N5O. The number of piperazine rings is 1. The Labute approximate surface area is 180 Å². The molecule has 1 saturated heterocycles. The van der Waals surface area contributed by atoms with Gasteiger partial charge < -0.3 is 9.47 Å². The Morgan fingerprint density at radius 3 is 2.58 bits per heavy atom. The fraction of sp³-hybridized carbons (Fsp3) is 0.240. The second-order valence-electron chi connectivity index (χ2n) is 8.00. The van der Waals surface area contributed by atoms with E-state index in [-0.39, 0.29) is 5.56 Å². The zero-order valence-electron chi connectivity index (χ0n) is 17.5. The van der Waals surface area contributed by atoms with E-state index in [1.165, 1.54) is 16.3 Å². The molecule has 0 amide bonds. The number of pyridine rings is 2. The molecule has 0 aliphatic carbocycles. The van der Waals surface area contributed by atoms with Gasteiger partial charge in [0.15, 0.2) is 0 Å². The summed E-state index contributed by atoms with van der Waals surface area (Å²) in [7, 11) is 1.74. The summed E-state index contributed by atoms with van der Waals surface area (Å²) in [6.07, 6.45) is 0. The molecule has 0 N–H and O–H groups in total. The van der Waals surface area contributed by atoms with E-state index in [1.54, 1.807) is 23.7 Å². The molecule has 1 aliphatic heterocycles. The Bertz CT molecular complexity index is 1370. The Balaban J connectivity index is 1.39. The van der Waals surface area contributed by atoms with Crippen LogP contribution in [0.25, 0.3) is 21.8 Å². The van der Waals surface area contributed by atoms with E-state index in [9.17, 15) is 10.1 Å². The van der Waals surface area contributed by atoms with Crippen LogP contribution in [0.2, 0.25) is 0 Å². The lowest BCUT2D eigenvalue weighted by Crippen LogP contribution is -2.46. The lowest BCUT2D eigenvalue weighted by molar-refractivity contribution is 0.251. The third kappa shape index (κ3) is 3.54. The molecule has 2 aromatic heterocycles. The summed E-state index contributed by atoms with van der Waals surface area (Å²) < 4.78 is 1.59. The van der Waals surface area contributed by atoms with Crippen molar-refractivity contribution in [3.63, 3.8) is 0 Å². The van der Waals surface area contributed by atoms with E-state index in [0.717, 1.165) is 43.9 Å². The highest BCUT2D eigenvalue weighted by atomic mass is 16.1. The van der Waals surface area contributed by atoms with Gasteiger partial charge >= 0.3 is 0 Å². The highest BCUT2D eigenvalue weighted by molar-refractivity contribution is 5.89. The molecule has 3 heterocycles. The maximum atomic E-state index is 12.5. The zero-order valence-corrected chi connectivity index (χ0v) is 17.5. The Hall–Kier alpha value is -3.69. The monoisotopic (exact) mass is 409 g/mol. The van der Waals surface area contributed by atoms with Crippen molar-refractivity contribution in [1.82, 2.24) is 14.5 Å². The fourth-order valence-corrected chi connectivity index (χ4v) is 4.43. The van der Waals surface area contributed by atoms with Gasteiger partial charge in [0.2, 0.25) is 0 Å². The first-order valence-electron chi connectivity index (χ1n) is 10.5. The van der Waals surface area contributed by atoms with Crippen molar-refractivity contribution in [3.05, 3.63) is 82.3 Å². The van der Waals surface area contributed by atoms with Crippen molar-refractivity contribution >= 4 is 27.5 Å². The SMILES string of the molecule is Cn1c(=O)cc(N2CCN(Cc3cccc4ccccc34)CC2)c2nc(C#N)ccc21. The molecule has 1 aliphatic rings. The fourth-order valence-electron chi connectivity index (χ4n) is 4.43. The second kappa shape index (κ2) is 7.86. The molecule has 1 fully saturated rings. The van der Waals surface area contributed by atoms with Crippen molar-refractivity contribution in [2.45, 2.75) is 6.54 Å². The standard InChI is InChI=1S/C25H23N5O/c1-28-22-10-9-20(16-26)27-25(22)23(15-24(28)31)30-13-11-29(12-14-30)17-19-7-4-6-18-5-2-3-8-21(18)19/h2-10,15H,11-14,17H2,1H3. The minimum absolute atomic E-state index is 0.0628. The van der Waals surface area contributed by atoms with Crippen LogP contribution in [0, 0.1) is 11.3 Å². The maximum absolute atomic E-state index is 12.5. The molecule has 5 rings (SSSR count). The Morgan fingerprint density at radius 2 is 1.77 bits per heavy atom. The topological polar surface area (TPSA) is 65.2 Å². The average molecular weight is 409 g/mol. The molecular weight excluding hydrogens is 386 g/mol. The van der Waals surface area contributed by atoms with E-state index in [1.807, 2.05) is 6.07 Å². The first-order chi connectivity index (χ1) is 15.1. The quantitative estimate of drug-likeness (QED) is 0.520. The lowest BCUT2D eigenvalue weighted by Gasteiger charge is -2.36. The highest BCUT2D eigenvalue weighted by Gasteiger charge is 2.21. The smallest absolute Gasteiger partial charge is 0.252 e. The number of benzene rings is 2. The van der Waals surface area contributed by atoms with E-state index < -0.39 is 0 Å². The molecule has 0 radical (unpaired) electrons. The third-order valence-corrected chi connectivity index (χ3v) is 6.17. The third-order valence-electron chi connectivity index (χ3n) is 6.17. The van der Waals surface area contributed by atoms with Crippen molar-refractivity contribution in [3.8, 4) is 6.07 Å². The van der Waals surface area contributed by atoms with E-state index in [0.29, 0.717) is 11.2 Å². The number of rotatable bonds is 3. The largest absolute Gasteiger partial charge is 0.367 e. The first-order valence-corrected chi connectivity index (χ1v) is 10.5. The number of anilines is 1. The summed E-state index contributed by atoms with van der Waals surface area (Å²) in [6.45, 7) is 4.33. The molecule has 0 bridgehead atoms. The van der Waals surface area contributed by atoms with Gasteiger partial charge in [-0.15, -0.1) is 0 Å². The number of hydrogen-bond donors (Lipinski definition) is 0. The number of fused-ring (bicyclic) bond motifs is 2. The molecule has 2 aromatic carbocycles. The average Bonchev–Trinajstić information content (AvgIpc) is 2.82. The number of nitriles is 1. The summed E-state index contributed by atoms with van der Waals surface area (Å²) in [5.41, 5.74) is 3.92. The lowest BCUT2D eigenvalue weighted by atomic mass is 10.0. The van der Waals surface area contributed by atoms with Crippen LogP contribution in [0.5, 0.6) is 0 Å². The normalized spacial score (nSPS) is 14.8. The predicted octanol–water partition coefficient (Wildman–Crippen LogP) is 3.28. The number of hydrogen-bond acceptors (Lipinski definition) is 5. The zero-order chi connectivity index (χ0) is 21.4. The molecule has 0 saturated carbocycles. The van der Waals surface area contributed by atoms with Crippen LogP contribution in [0.1, 0.15) is 11.3 Å². The molecule has 31 heavy (non-hydrogen) atoms. The van der Waals surface area contributed by atoms with Crippen LogP contribution in [0.4, 0.5) is 5.69 Å². The van der Waals surface area contributed by atoms with Crippen molar-refractivity contribution in [2.75, 3.05) is 31.1 Å². The minimum Gasteiger partial charge on any atom is -0.367 e. The molecule has 0 unspecified atom stereocenters. The highest BCUT2D eigenvalue weighted by Crippen LogP contribution is 2.26. The van der Waals surface area contributed by atoms with Crippen LogP contribution in [0.15, 0.2) is 65.5 Å². The van der Waals surface area contributed by atoms with E-state index in [4.69, 9.17) is 0 Å². The maximum Gasteiger partial charge on any atom is 0.252 e. The summed E-state index contributed by atoms with van der Waals surface area (Å²) in [6, 6.07) is 22.2. The van der Waals surface area contributed by atoms with Crippen LogP contribution in [-0.4, -0.2) is 40.6 Å². The van der Waals surface area contributed by atoms with Crippen LogP contribution >= 0.6 is 0 Å². The van der Waals surface area contributed by atoms with Gasteiger partial charge in [-0.2, -0.15) is 5.26 Å². The summed E-state index contributed by atoms with van der Waals surface area (Å²) >= 11 is 0. The summed E-state index contributed by atoms with van der Waals surface area (Å²) in [5.74, 6) is 0. The Kier molecular flexibility index (Phi) is 4.89. The van der Waals surface area contributed by atoms with Gasteiger partial charge in [0.25, 0.3) is 5.56 Å². The van der Waals surface area contributed by atoms with Crippen LogP contribution in [-0.2, 0) is 13.6 Å². The molecule has 154 valence electrons. The summed E-state index contributed by atoms with van der Waals surface area (Å²) in [5, 5.41) is 11.8. The first kappa shape index (κ1) is 19.3. The van der Waals surface area contributed by atoms with Crippen LogP contribution < -0.4 is 10.5 Å². The van der Waals surface area contributed by atoms with Gasteiger partial charge in [0.05, 0.1) is 11.2 Å². The van der Waals surface area contributed by atoms with Gasteiger partial charge in [-0.05, 0) is 28.5 Å². The molecule has 0 atom stereocenters. The number of aromatic nitrogens is 2. The predicted molar refractivity (Wildman–Crippen MR) is 123 cm³/mol. The van der Waals surface area contributed by atoms with Gasteiger partial charge in [-0.3, -0.25) is 9.69 Å².